The highest BCUT2D eigenvalue weighted by Crippen LogP contribution is 2.23. The highest BCUT2D eigenvalue weighted by molar-refractivity contribution is 7.81. The number of aromatic nitrogens is 1. The third-order valence-electron chi connectivity index (χ3n) is 13.4. The lowest BCUT2D eigenvalue weighted by molar-refractivity contribution is -0.144. The van der Waals surface area contributed by atoms with Crippen LogP contribution in [0.15, 0.2) is 115 Å². The SMILES string of the molecule is CCCC[C@@H](C(=O)N[C@@H](CC(=O)O)C(=O)N[C@@H](Cc1ccccc1)C(N)=O)N(C)C(=O)[C@H](Cc1c[nH]c2ccccc12)NC(=O)CNC(=O)[C@@H](NC(=O)[C@H](Cc1ccc(OS(=O)(=O)O)cc1)NC(=O)[C@@H](N)CC(=O)O)[C@H](C)c1ccccc1. The van der Waals surface area contributed by atoms with Crippen molar-refractivity contribution < 1.29 is 75.3 Å². The van der Waals surface area contributed by atoms with Gasteiger partial charge in [-0.05, 0) is 46.9 Å². The van der Waals surface area contributed by atoms with Gasteiger partial charge in [0.25, 0.3) is 0 Å². The molecule has 83 heavy (non-hydrogen) atoms. The van der Waals surface area contributed by atoms with Gasteiger partial charge in [-0.15, -0.1) is 0 Å². The van der Waals surface area contributed by atoms with E-state index in [0.717, 1.165) is 17.0 Å². The number of nitrogens with two attached hydrogens (primary N) is 2. The molecule has 26 nitrogen and oxygen atoms in total. The molecule has 4 aromatic carbocycles. The Hall–Kier alpha value is -9.21. The Morgan fingerprint density at radius 1 is 0.651 bits per heavy atom. The van der Waals surface area contributed by atoms with Crippen LogP contribution in [-0.4, -0.2) is 148 Å². The lowest BCUT2D eigenvalue weighted by atomic mass is 9.92. The molecule has 5 aromatic rings. The molecule has 0 unspecified atom stereocenters. The summed E-state index contributed by atoms with van der Waals surface area (Å²) in [6.45, 7) is 2.63. The Bertz CT molecular complexity index is 3220. The van der Waals surface area contributed by atoms with Crippen LogP contribution >= 0.6 is 0 Å². The number of carbonyl (C=O) groups excluding carboxylic acids is 8. The molecule has 0 fully saturated rings. The number of carbonyl (C=O) groups is 10. The van der Waals surface area contributed by atoms with Crippen molar-refractivity contribution in [3.8, 4) is 5.75 Å². The van der Waals surface area contributed by atoms with Gasteiger partial charge in [-0.2, -0.15) is 8.42 Å². The molecule has 0 aliphatic rings. The number of unbranched alkanes of at least 4 members (excludes halogenated alkanes) is 1. The Morgan fingerprint density at radius 2 is 1.22 bits per heavy atom. The number of likely N-dealkylation sites (N-methyl/N-ethyl adjacent to an activating group) is 1. The molecular weight excluding hydrogens is 1100 g/mol. The summed E-state index contributed by atoms with van der Waals surface area (Å²) in [7, 11) is -3.60. The molecule has 1 aromatic heterocycles. The summed E-state index contributed by atoms with van der Waals surface area (Å²) in [5.41, 5.74) is 14.2. The Morgan fingerprint density at radius 3 is 1.83 bits per heavy atom. The van der Waals surface area contributed by atoms with E-state index in [1.165, 1.54) is 19.2 Å². The van der Waals surface area contributed by atoms with E-state index < -0.39 is 137 Å². The smallest absolute Gasteiger partial charge is 0.446 e. The van der Waals surface area contributed by atoms with E-state index in [2.05, 4.69) is 41.1 Å². The van der Waals surface area contributed by atoms with Crippen LogP contribution in [0.4, 0.5) is 0 Å². The van der Waals surface area contributed by atoms with Crippen molar-refractivity contribution in [3.05, 3.63) is 138 Å². The molecule has 5 rings (SSSR count). The normalized spacial score (nSPS) is 14.1. The molecule has 27 heteroatoms. The first-order valence-electron chi connectivity index (χ1n) is 26.3. The van der Waals surface area contributed by atoms with Gasteiger partial charge in [-0.1, -0.05) is 118 Å². The van der Waals surface area contributed by atoms with Gasteiger partial charge in [0, 0.05) is 49.3 Å². The Labute approximate surface area is 477 Å². The number of hydrogen-bond donors (Lipinski definition) is 12. The van der Waals surface area contributed by atoms with Gasteiger partial charge in [-0.3, -0.25) is 52.5 Å². The maximum atomic E-state index is 14.8. The molecular formula is C56H68N10O16S. The number of amides is 8. The fourth-order valence-electron chi connectivity index (χ4n) is 8.97. The van der Waals surface area contributed by atoms with E-state index in [-0.39, 0.29) is 37.0 Å². The zero-order valence-electron chi connectivity index (χ0n) is 45.6. The van der Waals surface area contributed by atoms with Gasteiger partial charge < -0.3 is 67.6 Å². The lowest BCUT2D eigenvalue weighted by Gasteiger charge is -2.32. The van der Waals surface area contributed by atoms with E-state index in [1.54, 1.807) is 98.0 Å². The monoisotopic (exact) mass is 1170 g/mol. The van der Waals surface area contributed by atoms with Crippen molar-refractivity contribution in [1.82, 2.24) is 41.8 Å². The molecule has 0 aliphatic heterocycles. The third kappa shape index (κ3) is 20.1. The van der Waals surface area contributed by atoms with Gasteiger partial charge in [0.15, 0.2) is 0 Å². The van der Waals surface area contributed by atoms with Crippen LogP contribution in [0.2, 0.25) is 0 Å². The molecule has 0 spiro atoms. The van der Waals surface area contributed by atoms with Crippen LogP contribution in [0.5, 0.6) is 5.75 Å². The standard InChI is InChI=1S/C56H68N10O16S/c1-4-5-20-45(54(76)64-43(29-48(70)71)52(74)62-41(50(58)72)25-33-14-8-6-9-15-33)66(3)56(78)44(27-36-30-59-40-19-13-12-18-38(36)40)61-46(67)31-60-55(77)49(32(2)35-16-10-7-11-17-35)65-53(75)42(63-51(73)39(57)28-47(68)69)26-34-21-23-37(24-22-34)82-83(79,80)81/h6-19,21-24,30,32,39,41-45,49,59H,4-5,20,25-29,31,57H2,1-3H3,(H2,58,72)(H,60,77)(H,61,67)(H,62,74)(H,63,73)(H,64,76)(H,65,75)(H,68,69)(H,70,71)(H,79,80,81)/t32-,39+,41+,42+,43+,44+,45+,49+/m1/s1. The first kappa shape index (κ1) is 64.6. The van der Waals surface area contributed by atoms with Gasteiger partial charge >= 0.3 is 22.3 Å². The predicted octanol–water partition coefficient (Wildman–Crippen LogP) is 0.501. The quantitative estimate of drug-likeness (QED) is 0.0261. The van der Waals surface area contributed by atoms with Crippen LogP contribution in [-0.2, 0) is 77.6 Å². The molecule has 444 valence electrons. The molecule has 0 saturated heterocycles. The topological polar surface area (TPSA) is 418 Å². The Balaban J connectivity index is 1.40. The molecule has 14 N–H and O–H groups in total. The summed E-state index contributed by atoms with van der Waals surface area (Å²) in [5, 5.41) is 34.9. The Kier molecular flexibility index (Phi) is 23.8. The second-order valence-corrected chi connectivity index (χ2v) is 20.7. The van der Waals surface area contributed by atoms with Crippen molar-refractivity contribution in [3.63, 3.8) is 0 Å². The van der Waals surface area contributed by atoms with Crippen molar-refractivity contribution >= 4 is 80.5 Å². The van der Waals surface area contributed by atoms with Crippen LogP contribution in [0, 0.1) is 0 Å². The minimum absolute atomic E-state index is 0.0123. The number of carboxylic acids is 2. The largest absolute Gasteiger partial charge is 0.481 e. The van der Waals surface area contributed by atoms with Gasteiger partial charge in [0.1, 0.15) is 42.0 Å². The highest BCUT2D eigenvalue weighted by Gasteiger charge is 2.37. The second-order valence-electron chi connectivity index (χ2n) is 19.6. The zero-order valence-corrected chi connectivity index (χ0v) is 46.4. The number of fused-ring (bicyclic) bond motifs is 1. The highest BCUT2D eigenvalue weighted by atomic mass is 32.3. The summed E-state index contributed by atoms with van der Waals surface area (Å²) >= 11 is 0. The van der Waals surface area contributed by atoms with E-state index in [0.29, 0.717) is 40.4 Å². The third-order valence-corrected chi connectivity index (χ3v) is 13.8. The summed E-state index contributed by atoms with van der Waals surface area (Å²) in [6, 6.07) is 18.5. The maximum absolute atomic E-state index is 14.8. The summed E-state index contributed by atoms with van der Waals surface area (Å²) < 4.78 is 36.1. The fraction of sp³-hybridized carbons (Fsp3) is 0.357. The number of H-pyrrole nitrogens is 1. The van der Waals surface area contributed by atoms with Crippen molar-refractivity contribution in [1.29, 1.82) is 0 Å². The van der Waals surface area contributed by atoms with Crippen LogP contribution in [0.1, 0.15) is 74.1 Å². The average Bonchev–Trinajstić information content (AvgIpc) is 4.14. The number of nitrogens with one attached hydrogen (secondary N) is 7. The van der Waals surface area contributed by atoms with E-state index in [4.69, 9.17) is 16.0 Å². The number of carboxylic acid groups (broad SMARTS) is 2. The van der Waals surface area contributed by atoms with Crippen LogP contribution in [0.25, 0.3) is 10.9 Å². The molecule has 0 bridgehead atoms. The first-order chi connectivity index (χ1) is 39.3. The van der Waals surface area contributed by atoms with Gasteiger partial charge in [0.2, 0.25) is 47.3 Å². The van der Waals surface area contributed by atoms with E-state index in [9.17, 15) is 66.6 Å². The summed E-state index contributed by atoms with van der Waals surface area (Å²) in [6.07, 6.45) is 0.264. The lowest BCUT2D eigenvalue weighted by Crippen LogP contribution is -2.59. The molecule has 8 amide bonds. The predicted molar refractivity (Wildman–Crippen MR) is 300 cm³/mol. The van der Waals surface area contributed by atoms with Crippen LogP contribution < -0.4 is 47.6 Å². The number of hydrogen-bond acceptors (Lipinski definition) is 14. The molecule has 8 atom stereocenters. The minimum Gasteiger partial charge on any atom is -0.481 e. The van der Waals surface area contributed by atoms with E-state index in [1.807, 2.05) is 6.92 Å². The van der Waals surface area contributed by atoms with E-state index >= 15 is 0 Å². The van der Waals surface area contributed by atoms with Crippen molar-refractivity contribution in [2.24, 2.45) is 11.5 Å². The number of aromatic amines is 1. The average molecular weight is 1170 g/mol. The minimum atomic E-state index is -4.90. The number of primary amides is 1. The van der Waals surface area contributed by atoms with Gasteiger partial charge in [0.05, 0.1) is 25.4 Å². The molecule has 0 aliphatic carbocycles. The maximum Gasteiger partial charge on any atom is 0.446 e. The number of para-hydroxylation sites is 1. The van der Waals surface area contributed by atoms with Crippen LogP contribution in [0.3, 0.4) is 0 Å². The molecule has 1 heterocycles. The number of rotatable bonds is 32. The molecule has 0 radical (unpaired) electrons. The zero-order chi connectivity index (χ0) is 61.0. The number of aliphatic carboxylic acids is 2. The molecule has 0 saturated carbocycles. The summed E-state index contributed by atoms with van der Waals surface area (Å²) in [5.74, 6) is -11.6. The summed E-state index contributed by atoms with van der Waals surface area (Å²) in [4.78, 5) is 139. The fourth-order valence-corrected chi connectivity index (χ4v) is 9.32. The van der Waals surface area contributed by atoms with Crippen molar-refractivity contribution in [2.45, 2.75) is 113 Å². The first-order valence-corrected chi connectivity index (χ1v) is 27.6. The second kappa shape index (κ2) is 30.6. The van der Waals surface area contributed by atoms with Crippen molar-refractivity contribution in [2.75, 3.05) is 13.6 Å². The van der Waals surface area contributed by atoms with Gasteiger partial charge in [-0.25, -0.2) is 0 Å². The number of nitrogens with zero attached hydrogens (tertiary/aromatic N) is 1. The number of benzene rings is 4.